The normalized spacial score (nSPS) is 14.8. The zero-order valence-electron chi connectivity index (χ0n) is 16.6. The Labute approximate surface area is 168 Å². The van der Waals surface area contributed by atoms with Gasteiger partial charge in [-0.3, -0.25) is 19.2 Å². The van der Waals surface area contributed by atoms with Crippen molar-refractivity contribution in [2.24, 2.45) is 11.5 Å². The highest BCUT2D eigenvalue weighted by Gasteiger charge is 2.27. The number of carbonyl (C=O) groups is 5. The summed E-state index contributed by atoms with van der Waals surface area (Å²) in [6.45, 7) is 3.14. The van der Waals surface area contributed by atoms with Crippen LogP contribution in [0.15, 0.2) is 0 Å². The predicted molar refractivity (Wildman–Crippen MR) is 103 cm³/mol. The second-order valence-electron chi connectivity index (χ2n) is 6.70. The van der Waals surface area contributed by atoms with Gasteiger partial charge in [-0.25, -0.2) is 4.79 Å². The van der Waals surface area contributed by atoms with Crippen molar-refractivity contribution in [3.8, 4) is 0 Å². The highest BCUT2D eigenvalue weighted by Crippen LogP contribution is 2.03. The largest absolute Gasteiger partial charge is 0.481 e. The van der Waals surface area contributed by atoms with Gasteiger partial charge in [0.25, 0.3) is 0 Å². The summed E-state index contributed by atoms with van der Waals surface area (Å²) in [7, 11) is 0. The van der Waals surface area contributed by atoms with Crippen LogP contribution >= 0.6 is 0 Å². The molecule has 0 saturated carbocycles. The van der Waals surface area contributed by atoms with Gasteiger partial charge in [0, 0.05) is 6.42 Å². The summed E-state index contributed by atoms with van der Waals surface area (Å²) in [6.07, 6.45) is 0.709. The van der Waals surface area contributed by atoms with Crippen LogP contribution in [0.2, 0.25) is 0 Å². The van der Waals surface area contributed by atoms with E-state index in [1.165, 1.54) is 13.8 Å². The Morgan fingerprint density at radius 3 is 1.90 bits per heavy atom. The molecule has 0 aliphatic heterocycles. The lowest BCUT2D eigenvalue weighted by atomic mass is 10.1. The third-order valence-electron chi connectivity index (χ3n) is 4.01. The van der Waals surface area contributed by atoms with Crippen LogP contribution in [0.4, 0.5) is 0 Å². The summed E-state index contributed by atoms with van der Waals surface area (Å²) in [5.41, 5.74) is 10.8. The second kappa shape index (κ2) is 13.4. The maximum Gasteiger partial charge on any atom is 0.326 e. The van der Waals surface area contributed by atoms with Crippen molar-refractivity contribution in [2.75, 3.05) is 6.54 Å². The van der Waals surface area contributed by atoms with Crippen LogP contribution in [-0.2, 0) is 24.0 Å². The van der Waals surface area contributed by atoms with E-state index in [9.17, 15) is 29.1 Å². The molecule has 0 spiro atoms. The number of nitrogens with one attached hydrogen (secondary N) is 3. The van der Waals surface area contributed by atoms with Crippen molar-refractivity contribution in [3.63, 3.8) is 0 Å². The number of aliphatic carboxylic acids is 2. The lowest BCUT2D eigenvalue weighted by Gasteiger charge is -2.22. The number of carboxylic acids is 2. The third-order valence-corrected chi connectivity index (χ3v) is 4.01. The minimum Gasteiger partial charge on any atom is -0.481 e. The molecule has 0 radical (unpaired) electrons. The highest BCUT2D eigenvalue weighted by atomic mass is 16.4. The fourth-order valence-corrected chi connectivity index (χ4v) is 2.27. The SMILES string of the molecule is C[C@H](N)C(=O)N[C@@H](CCC(=O)O)C(=O)N[C@@H](C)C(=O)N[C@@H](CCCCN)C(=O)O. The van der Waals surface area contributed by atoms with Crippen LogP contribution < -0.4 is 27.4 Å². The van der Waals surface area contributed by atoms with Crippen LogP contribution in [0.25, 0.3) is 0 Å². The molecule has 0 aromatic carbocycles. The zero-order valence-corrected chi connectivity index (χ0v) is 16.6. The Balaban J connectivity index is 4.93. The van der Waals surface area contributed by atoms with Crippen molar-refractivity contribution in [3.05, 3.63) is 0 Å². The van der Waals surface area contributed by atoms with Gasteiger partial charge < -0.3 is 37.6 Å². The molecule has 0 rings (SSSR count). The first kappa shape index (κ1) is 26.3. The molecule has 9 N–H and O–H groups in total. The Morgan fingerprint density at radius 2 is 1.41 bits per heavy atom. The fourth-order valence-electron chi connectivity index (χ4n) is 2.27. The molecule has 0 aliphatic rings. The first-order valence-electron chi connectivity index (χ1n) is 9.30. The van der Waals surface area contributed by atoms with E-state index in [0.29, 0.717) is 19.4 Å². The Hall–Kier alpha value is -2.73. The number of amides is 3. The molecule has 166 valence electrons. The molecule has 3 amide bonds. The van der Waals surface area contributed by atoms with Crippen molar-refractivity contribution < 1.29 is 34.2 Å². The smallest absolute Gasteiger partial charge is 0.326 e. The number of nitrogens with two attached hydrogens (primary N) is 2. The summed E-state index contributed by atoms with van der Waals surface area (Å²) in [5, 5.41) is 25.0. The molecule has 0 heterocycles. The van der Waals surface area contributed by atoms with Gasteiger partial charge in [-0.2, -0.15) is 0 Å². The van der Waals surface area contributed by atoms with Gasteiger partial charge in [0.15, 0.2) is 0 Å². The quantitative estimate of drug-likeness (QED) is 0.154. The Morgan fingerprint density at radius 1 is 0.828 bits per heavy atom. The van der Waals surface area contributed by atoms with Crippen molar-refractivity contribution in [1.29, 1.82) is 0 Å². The van der Waals surface area contributed by atoms with E-state index in [1.54, 1.807) is 0 Å². The molecule has 29 heavy (non-hydrogen) atoms. The number of unbranched alkanes of at least 4 members (excludes halogenated alkanes) is 1. The summed E-state index contributed by atoms with van der Waals surface area (Å²) in [4.78, 5) is 58.4. The average molecular weight is 417 g/mol. The molecule has 0 saturated heterocycles. The lowest BCUT2D eigenvalue weighted by Crippen LogP contribution is -2.56. The van der Waals surface area contributed by atoms with Crippen LogP contribution in [-0.4, -0.2) is 70.6 Å². The summed E-state index contributed by atoms with van der Waals surface area (Å²) >= 11 is 0. The van der Waals surface area contributed by atoms with E-state index < -0.39 is 53.8 Å². The minimum absolute atomic E-state index is 0.185. The van der Waals surface area contributed by atoms with E-state index >= 15 is 0 Å². The van der Waals surface area contributed by atoms with E-state index in [0.717, 1.165) is 0 Å². The van der Waals surface area contributed by atoms with Gasteiger partial charge in [-0.15, -0.1) is 0 Å². The Kier molecular flexibility index (Phi) is 12.2. The summed E-state index contributed by atoms with van der Waals surface area (Å²) in [6, 6.07) is -4.37. The van der Waals surface area contributed by atoms with E-state index in [1.807, 2.05) is 0 Å². The second-order valence-corrected chi connectivity index (χ2v) is 6.70. The molecule has 0 aromatic heterocycles. The van der Waals surface area contributed by atoms with E-state index in [-0.39, 0.29) is 19.3 Å². The van der Waals surface area contributed by atoms with E-state index in [4.69, 9.17) is 16.6 Å². The first-order chi connectivity index (χ1) is 13.5. The molecule has 0 unspecified atom stereocenters. The van der Waals surface area contributed by atoms with Crippen LogP contribution in [0.5, 0.6) is 0 Å². The predicted octanol–water partition coefficient (Wildman–Crippen LogP) is -2.11. The van der Waals surface area contributed by atoms with Gasteiger partial charge in [-0.05, 0) is 46.1 Å². The number of carbonyl (C=O) groups excluding carboxylic acids is 3. The highest BCUT2D eigenvalue weighted by molar-refractivity contribution is 5.94. The maximum absolute atomic E-state index is 12.4. The molecule has 0 fully saturated rings. The van der Waals surface area contributed by atoms with Gasteiger partial charge in [0.05, 0.1) is 6.04 Å². The number of rotatable bonds is 14. The molecule has 12 heteroatoms. The fraction of sp³-hybridized carbons (Fsp3) is 0.706. The van der Waals surface area contributed by atoms with Gasteiger partial charge in [-0.1, -0.05) is 0 Å². The molecule has 0 bridgehead atoms. The molecule has 4 atom stereocenters. The number of hydrogen-bond acceptors (Lipinski definition) is 7. The molecule has 12 nitrogen and oxygen atoms in total. The van der Waals surface area contributed by atoms with Gasteiger partial charge in [0.1, 0.15) is 18.1 Å². The summed E-state index contributed by atoms with van der Waals surface area (Å²) < 4.78 is 0. The van der Waals surface area contributed by atoms with Gasteiger partial charge in [0.2, 0.25) is 17.7 Å². The van der Waals surface area contributed by atoms with Crippen LogP contribution in [0.3, 0.4) is 0 Å². The van der Waals surface area contributed by atoms with Crippen molar-refractivity contribution in [1.82, 2.24) is 16.0 Å². The lowest BCUT2D eigenvalue weighted by molar-refractivity contribution is -0.142. The standard InChI is InChI=1S/C17H31N5O7/c1-9(19)14(25)21-11(6-7-13(23)24)16(27)20-10(2)15(26)22-12(17(28)29)5-3-4-8-18/h9-12H,3-8,18-19H2,1-2H3,(H,20,27)(H,21,25)(H,22,26)(H,23,24)(H,28,29)/t9-,10-,11-,12-/m0/s1. The van der Waals surface area contributed by atoms with Gasteiger partial charge >= 0.3 is 11.9 Å². The molecular formula is C17H31N5O7. The monoisotopic (exact) mass is 417 g/mol. The maximum atomic E-state index is 12.4. The number of carboxylic acid groups (broad SMARTS) is 2. The third kappa shape index (κ3) is 11.0. The summed E-state index contributed by atoms with van der Waals surface area (Å²) in [5.74, 6) is -4.53. The molecule has 0 aromatic rings. The Bertz CT molecular complexity index is 597. The van der Waals surface area contributed by atoms with E-state index in [2.05, 4.69) is 16.0 Å². The van der Waals surface area contributed by atoms with Crippen LogP contribution in [0, 0.1) is 0 Å². The minimum atomic E-state index is -1.21. The number of hydrogen-bond donors (Lipinski definition) is 7. The van der Waals surface area contributed by atoms with Crippen molar-refractivity contribution >= 4 is 29.7 Å². The van der Waals surface area contributed by atoms with Crippen molar-refractivity contribution in [2.45, 2.75) is 70.1 Å². The topological polar surface area (TPSA) is 214 Å². The molecule has 0 aliphatic carbocycles. The first-order valence-corrected chi connectivity index (χ1v) is 9.30. The molecular weight excluding hydrogens is 386 g/mol. The van der Waals surface area contributed by atoms with Crippen LogP contribution in [0.1, 0.15) is 46.0 Å². The average Bonchev–Trinajstić information content (AvgIpc) is 2.63. The zero-order chi connectivity index (χ0) is 22.6.